The van der Waals surface area contributed by atoms with E-state index in [4.69, 9.17) is 10.00 Å². The number of nitriles is 1. The highest BCUT2D eigenvalue weighted by Gasteiger charge is 2.38. The molecule has 3 rings (SSSR count). The number of benzene rings is 1. The summed E-state index contributed by atoms with van der Waals surface area (Å²) in [7, 11) is 1.39. The van der Waals surface area contributed by atoms with Gasteiger partial charge in [-0.15, -0.1) is 0 Å². The average molecular weight is 427 g/mol. The SMILES string of the molecule is COCC(=O)N1CCN(C(=O)c2ccc(C#N)cc2)C[C@H]1C(=O)N[C@@H]1CCCNC1=O. The van der Waals surface area contributed by atoms with Gasteiger partial charge in [0.05, 0.1) is 18.2 Å². The smallest absolute Gasteiger partial charge is 0.253 e. The van der Waals surface area contributed by atoms with Gasteiger partial charge >= 0.3 is 0 Å². The van der Waals surface area contributed by atoms with E-state index >= 15 is 0 Å². The maximum Gasteiger partial charge on any atom is 0.253 e. The second-order valence-electron chi connectivity index (χ2n) is 7.47. The Hall–Kier alpha value is -3.45. The Bertz CT molecular complexity index is 894. The molecule has 10 heteroatoms. The third-order valence-electron chi connectivity index (χ3n) is 5.42. The number of nitrogens with zero attached hydrogens (tertiary/aromatic N) is 3. The van der Waals surface area contributed by atoms with Crippen LogP contribution in [0.3, 0.4) is 0 Å². The maximum absolute atomic E-state index is 13.0. The van der Waals surface area contributed by atoms with Gasteiger partial charge in [0, 0.05) is 32.3 Å². The van der Waals surface area contributed by atoms with Gasteiger partial charge in [0.15, 0.2) is 0 Å². The zero-order valence-electron chi connectivity index (χ0n) is 17.3. The van der Waals surface area contributed by atoms with Crippen LogP contribution in [0.25, 0.3) is 0 Å². The lowest BCUT2D eigenvalue weighted by atomic mass is 10.0. The molecule has 2 aliphatic rings. The monoisotopic (exact) mass is 427 g/mol. The summed E-state index contributed by atoms with van der Waals surface area (Å²) in [6.45, 7) is 0.798. The number of piperidine rings is 1. The lowest BCUT2D eigenvalue weighted by Gasteiger charge is -2.41. The number of methoxy groups -OCH3 is 1. The Kier molecular flexibility index (Phi) is 7.20. The Morgan fingerprint density at radius 1 is 1.26 bits per heavy atom. The van der Waals surface area contributed by atoms with Crippen LogP contribution in [0.15, 0.2) is 24.3 Å². The fourth-order valence-corrected chi connectivity index (χ4v) is 3.74. The molecule has 2 aliphatic heterocycles. The molecule has 0 aromatic heterocycles. The summed E-state index contributed by atoms with van der Waals surface area (Å²) >= 11 is 0. The van der Waals surface area contributed by atoms with Crippen LogP contribution in [0.2, 0.25) is 0 Å². The number of carbonyl (C=O) groups excluding carboxylic acids is 4. The van der Waals surface area contributed by atoms with Crippen LogP contribution in [0.1, 0.15) is 28.8 Å². The summed E-state index contributed by atoms with van der Waals surface area (Å²) in [5.74, 6) is -1.39. The summed E-state index contributed by atoms with van der Waals surface area (Å²) in [5.41, 5.74) is 0.830. The highest BCUT2D eigenvalue weighted by atomic mass is 16.5. The number of nitrogens with one attached hydrogen (secondary N) is 2. The van der Waals surface area contributed by atoms with Crippen molar-refractivity contribution in [3.8, 4) is 6.07 Å². The van der Waals surface area contributed by atoms with E-state index in [1.807, 2.05) is 6.07 Å². The molecule has 2 heterocycles. The summed E-state index contributed by atoms with van der Waals surface area (Å²) in [6.07, 6.45) is 1.27. The third-order valence-corrected chi connectivity index (χ3v) is 5.42. The second kappa shape index (κ2) is 10.0. The van der Waals surface area contributed by atoms with E-state index in [0.717, 1.165) is 6.42 Å². The molecule has 2 atom stereocenters. The lowest BCUT2D eigenvalue weighted by Crippen LogP contribution is -2.64. The normalized spacial score (nSPS) is 21.1. The van der Waals surface area contributed by atoms with Crippen LogP contribution in [-0.4, -0.2) is 85.4 Å². The molecule has 2 N–H and O–H groups in total. The first-order chi connectivity index (χ1) is 14.9. The number of rotatable bonds is 5. The van der Waals surface area contributed by atoms with E-state index in [2.05, 4.69) is 10.6 Å². The summed E-state index contributed by atoms with van der Waals surface area (Å²) in [4.78, 5) is 53.4. The molecule has 0 unspecified atom stereocenters. The maximum atomic E-state index is 13.0. The van der Waals surface area contributed by atoms with E-state index < -0.39 is 18.0 Å². The quantitative estimate of drug-likeness (QED) is 0.636. The van der Waals surface area contributed by atoms with Crippen molar-refractivity contribution in [3.63, 3.8) is 0 Å². The molecule has 1 aromatic carbocycles. The number of amides is 4. The molecule has 2 saturated heterocycles. The van der Waals surface area contributed by atoms with Crippen LogP contribution in [-0.2, 0) is 19.1 Å². The van der Waals surface area contributed by atoms with Gasteiger partial charge in [0.1, 0.15) is 18.7 Å². The van der Waals surface area contributed by atoms with E-state index in [1.54, 1.807) is 24.3 Å². The van der Waals surface area contributed by atoms with Crippen molar-refractivity contribution in [2.75, 3.05) is 39.9 Å². The summed E-state index contributed by atoms with van der Waals surface area (Å²) < 4.78 is 4.92. The molecular weight excluding hydrogens is 402 g/mol. The number of piperazine rings is 1. The highest BCUT2D eigenvalue weighted by molar-refractivity contribution is 5.96. The molecule has 4 amide bonds. The summed E-state index contributed by atoms with van der Waals surface area (Å²) in [5, 5.41) is 14.4. The minimum Gasteiger partial charge on any atom is -0.375 e. The molecule has 10 nitrogen and oxygen atoms in total. The van der Waals surface area contributed by atoms with Crippen molar-refractivity contribution in [2.24, 2.45) is 0 Å². The first-order valence-electron chi connectivity index (χ1n) is 10.1. The van der Waals surface area contributed by atoms with Gasteiger partial charge in [-0.2, -0.15) is 5.26 Å². The van der Waals surface area contributed by atoms with Crippen molar-refractivity contribution in [1.29, 1.82) is 5.26 Å². The Balaban J connectivity index is 1.76. The number of hydrogen-bond acceptors (Lipinski definition) is 6. The van der Waals surface area contributed by atoms with Crippen molar-refractivity contribution in [3.05, 3.63) is 35.4 Å². The number of hydrogen-bond donors (Lipinski definition) is 2. The topological polar surface area (TPSA) is 132 Å². The fourth-order valence-electron chi connectivity index (χ4n) is 3.74. The van der Waals surface area contributed by atoms with Gasteiger partial charge in [-0.3, -0.25) is 19.2 Å². The molecule has 0 saturated carbocycles. The Labute approximate surface area is 180 Å². The molecule has 0 radical (unpaired) electrons. The van der Waals surface area contributed by atoms with Crippen LogP contribution in [0.4, 0.5) is 0 Å². The van der Waals surface area contributed by atoms with Gasteiger partial charge in [-0.25, -0.2) is 0 Å². The molecule has 31 heavy (non-hydrogen) atoms. The minimum absolute atomic E-state index is 0.00549. The highest BCUT2D eigenvalue weighted by Crippen LogP contribution is 2.16. The third kappa shape index (κ3) is 5.19. The van der Waals surface area contributed by atoms with E-state index in [1.165, 1.54) is 16.9 Å². The zero-order valence-corrected chi connectivity index (χ0v) is 17.3. The van der Waals surface area contributed by atoms with Gasteiger partial charge in [0.2, 0.25) is 17.7 Å². The zero-order chi connectivity index (χ0) is 22.4. The fraction of sp³-hybridized carbons (Fsp3) is 0.476. The van der Waals surface area contributed by atoms with E-state index in [0.29, 0.717) is 24.1 Å². The number of carbonyl (C=O) groups is 4. The second-order valence-corrected chi connectivity index (χ2v) is 7.47. The first kappa shape index (κ1) is 22.2. The van der Waals surface area contributed by atoms with Gasteiger partial charge in [-0.1, -0.05) is 0 Å². The van der Waals surface area contributed by atoms with Crippen molar-refractivity contribution in [1.82, 2.24) is 20.4 Å². The lowest BCUT2D eigenvalue weighted by molar-refractivity contribution is -0.146. The molecular formula is C21H25N5O5. The Morgan fingerprint density at radius 3 is 2.65 bits per heavy atom. The first-order valence-corrected chi connectivity index (χ1v) is 10.1. The molecule has 2 fully saturated rings. The molecule has 1 aromatic rings. The van der Waals surface area contributed by atoms with Crippen LogP contribution < -0.4 is 10.6 Å². The van der Waals surface area contributed by atoms with Gasteiger partial charge in [0.25, 0.3) is 5.91 Å². The predicted molar refractivity (Wildman–Crippen MR) is 109 cm³/mol. The van der Waals surface area contributed by atoms with Crippen LogP contribution >= 0.6 is 0 Å². The standard InChI is InChI=1S/C21H25N5O5/c1-31-13-18(27)26-10-9-25(21(30)15-6-4-14(11-22)5-7-15)12-17(26)20(29)24-16-3-2-8-23-19(16)28/h4-7,16-17H,2-3,8-10,12-13H2,1H3,(H,23,28)(H,24,29)/t16-,17+/m1/s1. The molecule has 164 valence electrons. The summed E-state index contributed by atoms with van der Waals surface area (Å²) in [6, 6.07) is 6.63. The van der Waals surface area contributed by atoms with Crippen molar-refractivity contribution >= 4 is 23.6 Å². The minimum atomic E-state index is -0.937. The van der Waals surface area contributed by atoms with Gasteiger partial charge in [-0.05, 0) is 37.1 Å². The molecule has 0 bridgehead atoms. The predicted octanol–water partition coefficient (Wildman–Crippen LogP) is -0.748. The van der Waals surface area contributed by atoms with Crippen molar-refractivity contribution in [2.45, 2.75) is 24.9 Å². The largest absolute Gasteiger partial charge is 0.375 e. The number of ether oxygens (including phenoxy) is 1. The Morgan fingerprint density at radius 2 is 2.00 bits per heavy atom. The van der Waals surface area contributed by atoms with Crippen molar-refractivity contribution < 1.29 is 23.9 Å². The van der Waals surface area contributed by atoms with E-state index in [-0.39, 0.29) is 44.0 Å². The molecule has 0 spiro atoms. The molecule has 0 aliphatic carbocycles. The van der Waals surface area contributed by atoms with Crippen LogP contribution in [0, 0.1) is 11.3 Å². The van der Waals surface area contributed by atoms with Crippen LogP contribution in [0.5, 0.6) is 0 Å². The van der Waals surface area contributed by atoms with E-state index in [9.17, 15) is 19.2 Å². The van der Waals surface area contributed by atoms with Gasteiger partial charge < -0.3 is 25.2 Å². The average Bonchev–Trinajstić information content (AvgIpc) is 2.80.